The van der Waals surface area contributed by atoms with Gasteiger partial charge in [0, 0.05) is 6.04 Å². The molecule has 0 saturated heterocycles. The molecule has 0 saturated carbocycles. The SMILES string of the molecule is COc1ccc(C(C)(C)CCNC(C)CC(=O)O)cc1O. The molecular weight excluding hydrogens is 270 g/mol. The van der Waals surface area contributed by atoms with E-state index in [1.165, 1.54) is 7.11 Å². The quantitative estimate of drug-likeness (QED) is 0.687. The molecule has 5 heteroatoms. The third kappa shape index (κ3) is 5.27. The maximum atomic E-state index is 10.6. The Bertz CT molecular complexity index is 485. The zero-order chi connectivity index (χ0) is 16.0. The van der Waals surface area contributed by atoms with E-state index in [4.69, 9.17) is 9.84 Å². The van der Waals surface area contributed by atoms with Crippen molar-refractivity contribution in [3.63, 3.8) is 0 Å². The Labute approximate surface area is 125 Å². The number of carboxylic acids is 1. The lowest BCUT2D eigenvalue weighted by Crippen LogP contribution is -2.32. The number of hydrogen-bond acceptors (Lipinski definition) is 4. The molecule has 0 amide bonds. The van der Waals surface area contributed by atoms with Crippen LogP contribution in [0, 0.1) is 0 Å². The van der Waals surface area contributed by atoms with Crippen molar-refractivity contribution in [3.05, 3.63) is 23.8 Å². The number of nitrogens with one attached hydrogen (secondary N) is 1. The number of aromatic hydroxyl groups is 1. The summed E-state index contributed by atoms with van der Waals surface area (Å²) < 4.78 is 5.04. The second-order valence-corrected chi connectivity index (χ2v) is 5.97. The Morgan fingerprint density at radius 3 is 2.62 bits per heavy atom. The average Bonchev–Trinajstić information content (AvgIpc) is 2.37. The molecule has 1 atom stereocenters. The van der Waals surface area contributed by atoms with E-state index in [0.29, 0.717) is 12.3 Å². The monoisotopic (exact) mass is 295 g/mol. The predicted molar refractivity (Wildman–Crippen MR) is 82.0 cm³/mol. The highest BCUT2D eigenvalue weighted by Crippen LogP contribution is 2.33. The van der Waals surface area contributed by atoms with Crippen molar-refractivity contribution in [1.29, 1.82) is 0 Å². The van der Waals surface area contributed by atoms with Crippen molar-refractivity contribution in [2.75, 3.05) is 13.7 Å². The fourth-order valence-corrected chi connectivity index (χ4v) is 2.22. The normalized spacial score (nSPS) is 13.0. The third-order valence-corrected chi connectivity index (χ3v) is 3.68. The molecule has 1 aromatic carbocycles. The van der Waals surface area contributed by atoms with E-state index in [2.05, 4.69) is 19.2 Å². The summed E-state index contributed by atoms with van der Waals surface area (Å²) in [4.78, 5) is 10.6. The van der Waals surface area contributed by atoms with E-state index in [0.717, 1.165) is 12.0 Å². The lowest BCUT2D eigenvalue weighted by molar-refractivity contribution is -0.137. The molecule has 5 nitrogen and oxygen atoms in total. The van der Waals surface area contributed by atoms with Crippen LogP contribution in [0.2, 0.25) is 0 Å². The highest BCUT2D eigenvalue weighted by atomic mass is 16.5. The Balaban J connectivity index is 2.60. The van der Waals surface area contributed by atoms with Gasteiger partial charge in [-0.3, -0.25) is 4.79 Å². The average molecular weight is 295 g/mol. The van der Waals surface area contributed by atoms with Gasteiger partial charge in [-0.2, -0.15) is 0 Å². The number of rotatable bonds is 8. The van der Waals surface area contributed by atoms with Crippen LogP contribution in [-0.4, -0.2) is 35.9 Å². The lowest BCUT2D eigenvalue weighted by Gasteiger charge is -2.26. The summed E-state index contributed by atoms with van der Waals surface area (Å²) in [5.74, 6) is -0.202. The molecule has 0 aliphatic carbocycles. The molecule has 1 rings (SSSR count). The van der Waals surface area contributed by atoms with Gasteiger partial charge in [-0.15, -0.1) is 0 Å². The number of carboxylic acid groups (broad SMARTS) is 1. The van der Waals surface area contributed by atoms with Gasteiger partial charge < -0.3 is 20.3 Å². The van der Waals surface area contributed by atoms with E-state index < -0.39 is 5.97 Å². The number of phenolic OH excluding ortho intramolecular Hbond substituents is 1. The van der Waals surface area contributed by atoms with Crippen LogP contribution in [0.15, 0.2) is 18.2 Å². The van der Waals surface area contributed by atoms with Crippen LogP contribution in [0.3, 0.4) is 0 Å². The number of benzene rings is 1. The first-order valence-corrected chi connectivity index (χ1v) is 7.09. The van der Waals surface area contributed by atoms with Crippen LogP contribution < -0.4 is 10.1 Å². The van der Waals surface area contributed by atoms with Gasteiger partial charge in [-0.1, -0.05) is 19.9 Å². The van der Waals surface area contributed by atoms with Crippen molar-refractivity contribution >= 4 is 5.97 Å². The second-order valence-electron chi connectivity index (χ2n) is 5.97. The minimum atomic E-state index is -0.797. The van der Waals surface area contributed by atoms with Gasteiger partial charge in [0.05, 0.1) is 13.5 Å². The summed E-state index contributed by atoms with van der Waals surface area (Å²) in [6, 6.07) is 5.37. The van der Waals surface area contributed by atoms with Gasteiger partial charge >= 0.3 is 5.97 Å². The summed E-state index contributed by atoms with van der Waals surface area (Å²) in [7, 11) is 1.52. The van der Waals surface area contributed by atoms with Gasteiger partial charge in [0.1, 0.15) is 0 Å². The highest BCUT2D eigenvalue weighted by Gasteiger charge is 2.22. The Hall–Kier alpha value is -1.75. The molecular formula is C16H25NO4. The van der Waals surface area contributed by atoms with E-state index in [9.17, 15) is 9.90 Å². The topological polar surface area (TPSA) is 78.8 Å². The minimum Gasteiger partial charge on any atom is -0.504 e. The predicted octanol–water partition coefficient (Wildman–Crippen LogP) is 2.52. The van der Waals surface area contributed by atoms with Crippen LogP contribution in [0.25, 0.3) is 0 Å². The first kappa shape index (κ1) is 17.3. The first-order valence-electron chi connectivity index (χ1n) is 7.09. The number of aliphatic carboxylic acids is 1. The minimum absolute atomic E-state index is 0.0532. The van der Waals surface area contributed by atoms with Crippen molar-refractivity contribution in [2.45, 2.75) is 45.1 Å². The second kappa shape index (κ2) is 7.31. The molecule has 0 aromatic heterocycles. The van der Waals surface area contributed by atoms with E-state index in [1.807, 2.05) is 13.0 Å². The molecule has 0 heterocycles. The summed E-state index contributed by atoms with van der Waals surface area (Å²) in [5.41, 5.74) is 0.896. The van der Waals surface area contributed by atoms with Crippen molar-refractivity contribution in [2.24, 2.45) is 0 Å². The molecule has 118 valence electrons. The number of methoxy groups -OCH3 is 1. The third-order valence-electron chi connectivity index (χ3n) is 3.68. The molecule has 0 radical (unpaired) electrons. The fraction of sp³-hybridized carbons (Fsp3) is 0.562. The Morgan fingerprint density at radius 1 is 1.43 bits per heavy atom. The number of phenols is 1. The molecule has 0 aliphatic heterocycles. The zero-order valence-electron chi connectivity index (χ0n) is 13.1. The number of hydrogen-bond donors (Lipinski definition) is 3. The fourth-order valence-electron chi connectivity index (χ4n) is 2.22. The standard InChI is InChI=1S/C16H25NO4/c1-11(9-15(19)20)17-8-7-16(2,3)12-5-6-14(21-4)13(18)10-12/h5-6,10-11,17-18H,7-9H2,1-4H3,(H,19,20). The van der Waals surface area contributed by atoms with Crippen LogP contribution in [-0.2, 0) is 10.2 Å². The lowest BCUT2D eigenvalue weighted by atomic mass is 9.81. The molecule has 0 aliphatic rings. The Kier molecular flexibility index (Phi) is 6.03. The van der Waals surface area contributed by atoms with Crippen molar-refractivity contribution in [1.82, 2.24) is 5.32 Å². The zero-order valence-corrected chi connectivity index (χ0v) is 13.1. The Morgan fingerprint density at radius 2 is 2.10 bits per heavy atom. The molecule has 21 heavy (non-hydrogen) atoms. The van der Waals surface area contributed by atoms with Crippen molar-refractivity contribution < 1.29 is 19.7 Å². The van der Waals surface area contributed by atoms with Crippen LogP contribution in [0.1, 0.15) is 39.2 Å². The van der Waals surface area contributed by atoms with Gasteiger partial charge in [-0.05, 0) is 43.0 Å². The summed E-state index contributed by atoms with van der Waals surface area (Å²) in [6.45, 7) is 6.77. The molecule has 0 bridgehead atoms. The summed E-state index contributed by atoms with van der Waals surface area (Å²) in [6.07, 6.45) is 0.951. The summed E-state index contributed by atoms with van der Waals surface area (Å²) >= 11 is 0. The van der Waals surface area contributed by atoms with E-state index in [1.54, 1.807) is 12.1 Å². The maximum Gasteiger partial charge on any atom is 0.304 e. The molecule has 1 aromatic rings. The van der Waals surface area contributed by atoms with Crippen LogP contribution in [0.5, 0.6) is 11.5 Å². The van der Waals surface area contributed by atoms with Gasteiger partial charge in [0.15, 0.2) is 11.5 Å². The molecule has 1 unspecified atom stereocenters. The van der Waals surface area contributed by atoms with Crippen LogP contribution >= 0.6 is 0 Å². The van der Waals surface area contributed by atoms with E-state index in [-0.39, 0.29) is 23.6 Å². The first-order chi connectivity index (χ1) is 9.76. The van der Waals surface area contributed by atoms with Crippen molar-refractivity contribution in [3.8, 4) is 11.5 Å². The molecule has 0 spiro atoms. The maximum absolute atomic E-state index is 10.6. The van der Waals surface area contributed by atoms with E-state index >= 15 is 0 Å². The van der Waals surface area contributed by atoms with Gasteiger partial charge in [-0.25, -0.2) is 0 Å². The smallest absolute Gasteiger partial charge is 0.304 e. The van der Waals surface area contributed by atoms with Gasteiger partial charge in [0.25, 0.3) is 0 Å². The number of carbonyl (C=O) groups is 1. The highest BCUT2D eigenvalue weighted by molar-refractivity contribution is 5.67. The molecule has 0 fully saturated rings. The largest absolute Gasteiger partial charge is 0.504 e. The molecule has 3 N–H and O–H groups in total. The summed E-state index contributed by atoms with van der Waals surface area (Å²) in [5, 5.41) is 21.8. The van der Waals surface area contributed by atoms with Gasteiger partial charge in [0.2, 0.25) is 0 Å². The number of ether oxygens (including phenoxy) is 1. The van der Waals surface area contributed by atoms with Crippen LogP contribution in [0.4, 0.5) is 0 Å².